The standard InChI is InChI=1S/C8H17NO3S/c9-2-1-3-13-5-7-8(11)6(10)4-12-7/h6-8,10-11H,1-5,9H2. The highest BCUT2D eigenvalue weighted by atomic mass is 32.2. The second-order valence-electron chi connectivity index (χ2n) is 3.15. The molecule has 0 aromatic heterocycles. The molecule has 0 amide bonds. The molecule has 0 spiro atoms. The summed E-state index contributed by atoms with van der Waals surface area (Å²) in [6, 6.07) is 0. The molecule has 0 aromatic carbocycles. The predicted octanol–water partition coefficient (Wildman–Crippen LogP) is -0.811. The molecule has 1 saturated heterocycles. The Hall–Kier alpha value is 0.190. The summed E-state index contributed by atoms with van der Waals surface area (Å²) >= 11 is 1.70. The van der Waals surface area contributed by atoms with E-state index in [2.05, 4.69) is 0 Å². The molecule has 0 saturated carbocycles. The Labute approximate surface area is 82.5 Å². The van der Waals surface area contributed by atoms with Crippen LogP contribution >= 0.6 is 11.8 Å². The molecule has 0 aliphatic carbocycles. The van der Waals surface area contributed by atoms with Crippen LogP contribution in [-0.2, 0) is 4.74 Å². The number of hydrogen-bond acceptors (Lipinski definition) is 5. The molecule has 5 heteroatoms. The number of thioether (sulfide) groups is 1. The molecular weight excluding hydrogens is 190 g/mol. The molecule has 1 aliphatic rings. The molecule has 0 aromatic rings. The van der Waals surface area contributed by atoms with Gasteiger partial charge in [-0.3, -0.25) is 0 Å². The first-order valence-electron chi connectivity index (χ1n) is 4.51. The van der Waals surface area contributed by atoms with E-state index in [9.17, 15) is 5.11 Å². The maximum Gasteiger partial charge on any atom is 0.109 e. The fourth-order valence-corrected chi connectivity index (χ4v) is 2.26. The van der Waals surface area contributed by atoms with E-state index in [1.165, 1.54) is 0 Å². The van der Waals surface area contributed by atoms with E-state index in [1.807, 2.05) is 0 Å². The Bertz CT molecular complexity index is 147. The number of nitrogens with two attached hydrogens (primary N) is 1. The zero-order valence-electron chi connectivity index (χ0n) is 7.56. The van der Waals surface area contributed by atoms with Gasteiger partial charge in [-0.2, -0.15) is 11.8 Å². The van der Waals surface area contributed by atoms with E-state index in [-0.39, 0.29) is 12.7 Å². The summed E-state index contributed by atoms with van der Waals surface area (Å²) in [6.45, 7) is 0.951. The summed E-state index contributed by atoms with van der Waals surface area (Å²) in [6.07, 6.45) is -0.654. The van der Waals surface area contributed by atoms with E-state index >= 15 is 0 Å². The van der Waals surface area contributed by atoms with Gasteiger partial charge in [0, 0.05) is 5.75 Å². The molecule has 4 nitrogen and oxygen atoms in total. The highest BCUT2D eigenvalue weighted by Crippen LogP contribution is 2.18. The summed E-state index contributed by atoms with van der Waals surface area (Å²) in [5.74, 6) is 1.72. The van der Waals surface area contributed by atoms with Gasteiger partial charge in [-0.1, -0.05) is 0 Å². The average Bonchev–Trinajstić information content (AvgIpc) is 2.43. The van der Waals surface area contributed by atoms with E-state index in [0.29, 0.717) is 6.54 Å². The second-order valence-corrected chi connectivity index (χ2v) is 4.30. The minimum atomic E-state index is -0.717. The van der Waals surface area contributed by atoms with Crippen LogP contribution in [0.25, 0.3) is 0 Å². The first-order valence-corrected chi connectivity index (χ1v) is 5.66. The van der Waals surface area contributed by atoms with E-state index in [1.54, 1.807) is 11.8 Å². The number of aliphatic hydroxyl groups excluding tert-OH is 2. The number of aliphatic hydroxyl groups is 2. The van der Waals surface area contributed by atoms with Crippen LogP contribution in [0.4, 0.5) is 0 Å². The molecule has 0 bridgehead atoms. The lowest BCUT2D eigenvalue weighted by molar-refractivity contribution is 0.0337. The van der Waals surface area contributed by atoms with Gasteiger partial charge in [0.05, 0.1) is 12.7 Å². The first-order chi connectivity index (χ1) is 6.25. The van der Waals surface area contributed by atoms with Gasteiger partial charge in [-0.05, 0) is 18.7 Å². The molecule has 3 unspecified atom stereocenters. The van der Waals surface area contributed by atoms with Gasteiger partial charge < -0.3 is 20.7 Å². The Morgan fingerprint density at radius 1 is 1.46 bits per heavy atom. The van der Waals surface area contributed by atoms with Crippen molar-refractivity contribution in [3.05, 3.63) is 0 Å². The third kappa shape index (κ3) is 3.44. The van der Waals surface area contributed by atoms with Crippen LogP contribution in [-0.4, -0.2) is 53.2 Å². The van der Waals surface area contributed by atoms with E-state index < -0.39 is 12.2 Å². The maximum atomic E-state index is 9.40. The van der Waals surface area contributed by atoms with Gasteiger partial charge in [0.1, 0.15) is 12.2 Å². The number of rotatable bonds is 5. The predicted molar refractivity (Wildman–Crippen MR) is 52.8 cm³/mol. The van der Waals surface area contributed by atoms with Crippen molar-refractivity contribution in [1.82, 2.24) is 0 Å². The smallest absolute Gasteiger partial charge is 0.109 e. The number of ether oxygens (including phenoxy) is 1. The molecular formula is C8H17NO3S. The summed E-state index contributed by atoms with van der Waals surface area (Å²) in [4.78, 5) is 0. The zero-order chi connectivity index (χ0) is 9.68. The molecule has 1 fully saturated rings. The lowest BCUT2D eigenvalue weighted by Gasteiger charge is -2.13. The minimum Gasteiger partial charge on any atom is -0.388 e. The monoisotopic (exact) mass is 207 g/mol. The van der Waals surface area contributed by atoms with Crippen molar-refractivity contribution in [3.63, 3.8) is 0 Å². The first kappa shape index (κ1) is 11.3. The SMILES string of the molecule is NCCCSCC1OCC(O)C1O. The Morgan fingerprint density at radius 2 is 2.23 bits per heavy atom. The van der Waals surface area contributed by atoms with Crippen LogP contribution < -0.4 is 5.73 Å². The fourth-order valence-electron chi connectivity index (χ4n) is 1.20. The van der Waals surface area contributed by atoms with E-state index in [4.69, 9.17) is 15.6 Å². The normalized spacial score (nSPS) is 33.9. The summed E-state index contributed by atoms with van der Waals surface area (Å²) < 4.78 is 5.21. The van der Waals surface area contributed by atoms with E-state index in [0.717, 1.165) is 17.9 Å². The third-order valence-electron chi connectivity index (χ3n) is 2.03. The van der Waals surface area contributed by atoms with Crippen molar-refractivity contribution in [2.45, 2.75) is 24.7 Å². The summed E-state index contributed by atoms with van der Waals surface area (Å²) in [7, 11) is 0. The third-order valence-corrected chi connectivity index (χ3v) is 3.17. The zero-order valence-corrected chi connectivity index (χ0v) is 8.37. The topological polar surface area (TPSA) is 75.7 Å². The van der Waals surface area contributed by atoms with Gasteiger partial charge in [-0.15, -0.1) is 0 Å². The molecule has 78 valence electrons. The Balaban J connectivity index is 2.08. The summed E-state index contributed by atoms with van der Waals surface area (Å²) in [5.41, 5.74) is 5.34. The van der Waals surface area contributed by atoms with Crippen molar-refractivity contribution in [2.75, 3.05) is 24.7 Å². The van der Waals surface area contributed by atoms with Crippen LogP contribution in [0.15, 0.2) is 0 Å². The van der Waals surface area contributed by atoms with Gasteiger partial charge >= 0.3 is 0 Å². The van der Waals surface area contributed by atoms with Gasteiger partial charge in [0.2, 0.25) is 0 Å². The van der Waals surface area contributed by atoms with Gasteiger partial charge in [0.15, 0.2) is 0 Å². The molecule has 3 atom stereocenters. The highest BCUT2D eigenvalue weighted by molar-refractivity contribution is 7.99. The lowest BCUT2D eigenvalue weighted by atomic mass is 10.2. The molecule has 0 radical (unpaired) electrons. The fraction of sp³-hybridized carbons (Fsp3) is 1.00. The van der Waals surface area contributed by atoms with Crippen molar-refractivity contribution >= 4 is 11.8 Å². The molecule has 13 heavy (non-hydrogen) atoms. The minimum absolute atomic E-state index is 0.210. The Kier molecular flexibility index (Phi) is 5.05. The Morgan fingerprint density at radius 3 is 2.77 bits per heavy atom. The van der Waals surface area contributed by atoms with Crippen molar-refractivity contribution in [1.29, 1.82) is 0 Å². The quantitative estimate of drug-likeness (QED) is 0.514. The highest BCUT2D eigenvalue weighted by Gasteiger charge is 2.33. The van der Waals surface area contributed by atoms with Gasteiger partial charge in [-0.25, -0.2) is 0 Å². The van der Waals surface area contributed by atoms with Crippen LogP contribution in [0.1, 0.15) is 6.42 Å². The lowest BCUT2D eigenvalue weighted by Crippen LogP contribution is -2.31. The molecule has 1 rings (SSSR count). The average molecular weight is 207 g/mol. The molecule has 1 heterocycles. The summed E-state index contributed by atoms with van der Waals surface area (Å²) in [5, 5.41) is 18.6. The molecule has 1 aliphatic heterocycles. The van der Waals surface area contributed by atoms with Crippen LogP contribution in [0.5, 0.6) is 0 Å². The van der Waals surface area contributed by atoms with Crippen LogP contribution in [0.2, 0.25) is 0 Å². The van der Waals surface area contributed by atoms with Crippen LogP contribution in [0.3, 0.4) is 0 Å². The molecule has 4 N–H and O–H groups in total. The van der Waals surface area contributed by atoms with Crippen molar-refractivity contribution in [3.8, 4) is 0 Å². The largest absolute Gasteiger partial charge is 0.388 e. The van der Waals surface area contributed by atoms with Crippen molar-refractivity contribution in [2.24, 2.45) is 5.73 Å². The van der Waals surface area contributed by atoms with Crippen LogP contribution in [0, 0.1) is 0 Å². The van der Waals surface area contributed by atoms with Crippen molar-refractivity contribution < 1.29 is 14.9 Å². The maximum absolute atomic E-state index is 9.40. The van der Waals surface area contributed by atoms with Gasteiger partial charge in [0.25, 0.3) is 0 Å². The number of hydrogen-bond donors (Lipinski definition) is 3. The second kappa shape index (κ2) is 5.82.